The van der Waals surface area contributed by atoms with Gasteiger partial charge in [0.05, 0.1) is 0 Å². The number of nitrogens with zero attached hydrogens (tertiary/aromatic N) is 4. The van der Waals surface area contributed by atoms with E-state index in [1.54, 1.807) is 12.4 Å². The fourth-order valence-electron chi connectivity index (χ4n) is 3.51. The van der Waals surface area contributed by atoms with Crippen LogP contribution in [0.3, 0.4) is 0 Å². The lowest BCUT2D eigenvalue weighted by atomic mass is 9.99. The van der Waals surface area contributed by atoms with Crippen molar-refractivity contribution in [2.24, 2.45) is 0 Å². The van der Waals surface area contributed by atoms with E-state index in [-0.39, 0.29) is 5.82 Å². The Morgan fingerprint density at radius 2 is 2.00 bits per heavy atom. The van der Waals surface area contributed by atoms with Crippen LogP contribution in [0.5, 0.6) is 0 Å². The molecule has 128 valence electrons. The molecular formula is C20H16FN5. The highest BCUT2D eigenvalue weighted by Gasteiger charge is 2.17. The number of aromatic amines is 1. The third kappa shape index (κ3) is 2.50. The summed E-state index contributed by atoms with van der Waals surface area (Å²) < 4.78 is 13.4. The van der Waals surface area contributed by atoms with Gasteiger partial charge in [0.1, 0.15) is 17.2 Å². The maximum atomic E-state index is 13.4. The number of hydrogen-bond donors (Lipinski definition) is 1. The van der Waals surface area contributed by atoms with E-state index >= 15 is 0 Å². The summed E-state index contributed by atoms with van der Waals surface area (Å²) in [5.74, 6) is 0.689. The zero-order valence-electron chi connectivity index (χ0n) is 14.0. The number of benzene rings is 1. The van der Waals surface area contributed by atoms with Crippen molar-refractivity contribution in [2.75, 3.05) is 18.0 Å². The van der Waals surface area contributed by atoms with Crippen LogP contribution >= 0.6 is 0 Å². The number of rotatable bonds is 2. The van der Waals surface area contributed by atoms with Gasteiger partial charge in [0.2, 0.25) is 0 Å². The van der Waals surface area contributed by atoms with Crippen LogP contribution in [0.25, 0.3) is 27.6 Å². The fourth-order valence-corrected chi connectivity index (χ4v) is 3.51. The van der Waals surface area contributed by atoms with Crippen LogP contribution in [0.1, 0.15) is 12.0 Å². The van der Waals surface area contributed by atoms with Crippen molar-refractivity contribution in [1.82, 2.24) is 19.9 Å². The monoisotopic (exact) mass is 345 g/mol. The number of pyridine rings is 1. The van der Waals surface area contributed by atoms with Crippen LogP contribution in [0.4, 0.5) is 10.2 Å². The molecule has 0 bridgehead atoms. The average Bonchev–Trinajstić information content (AvgIpc) is 3.10. The molecule has 0 atom stereocenters. The lowest BCUT2D eigenvalue weighted by molar-refractivity contribution is 0.629. The van der Waals surface area contributed by atoms with E-state index in [1.165, 1.54) is 17.7 Å². The molecule has 0 fully saturated rings. The molecule has 0 aliphatic carbocycles. The number of halogens is 1. The zero-order chi connectivity index (χ0) is 17.5. The van der Waals surface area contributed by atoms with E-state index in [0.29, 0.717) is 5.65 Å². The quantitative estimate of drug-likeness (QED) is 0.598. The van der Waals surface area contributed by atoms with Crippen LogP contribution in [-0.2, 0) is 0 Å². The largest absolute Gasteiger partial charge is 0.360 e. The summed E-state index contributed by atoms with van der Waals surface area (Å²) in [5.41, 5.74) is 4.73. The first-order chi connectivity index (χ1) is 12.8. The van der Waals surface area contributed by atoms with Crippen molar-refractivity contribution in [3.05, 3.63) is 66.4 Å². The third-order valence-electron chi connectivity index (χ3n) is 4.84. The molecule has 0 amide bonds. The Balaban J connectivity index is 1.43. The molecule has 1 aliphatic rings. The van der Waals surface area contributed by atoms with Gasteiger partial charge in [-0.25, -0.2) is 14.4 Å². The highest BCUT2D eigenvalue weighted by molar-refractivity contribution is 5.93. The van der Waals surface area contributed by atoms with E-state index in [4.69, 9.17) is 0 Å². The molecule has 26 heavy (non-hydrogen) atoms. The van der Waals surface area contributed by atoms with Crippen LogP contribution in [0.15, 0.2) is 55.0 Å². The molecule has 5 rings (SSSR count). The molecule has 0 saturated heterocycles. The molecule has 4 aromatic rings. The molecule has 1 N–H and O–H groups in total. The maximum absolute atomic E-state index is 13.4. The normalized spacial score (nSPS) is 14.8. The molecule has 0 saturated carbocycles. The molecule has 5 nitrogen and oxygen atoms in total. The Kier molecular flexibility index (Phi) is 3.41. The lowest BCUT2D eigenvalue weighted by Crippen LogP contribution is -2.29. The number of fused-ring (bicyclic) bond motifs is 2. The molecule has 4 heterocycles. The van der Waals surface area contributed by atoms with Gasteiger partial charge in [-0.15, -0.1) is 0 Å². The van der Waals surface area contributed by atoms with Crippen LogP contribution in [-0.4, -0.2) is 33.0 Å². The molecule has 0 spiro atoms. The summed E-state index contributed by atoms with van der Waals surface area (Å²) in [6.45, 7) is 1.65. The lowest BCUT2D eigenvalue weighted by Gasteiger charge is -2.27. The topological polar surface area (TPSA) is 57.7 Å². The number of anilines is 1. The van der Waals surface area contributed by atoms with Crippen molar-refractivity contribution < 1.29 is 4.39 Å². The van der Waals surface area contributed by atoms with E-state index in [9.17, 15) is 4.39 Å². The first kappa shape index (κ1) is 15.0. The number of hydrogen-bond acceptors (Lipinski definition) is 4. The Labute approximate surface area is 149 Å². The third-order valence-corrected chi connectivity index (χ3v) is 4.84. The van der Waals surface area contributed by atoms with Crippen LogP contribution in [0, 0.1) is 5.82 Å². The molecule has 0 unspecified atom stereocenters. The highest BCUT2D eigenvalue weighted by Crippen LogP contribution is 2.30. The molecule has 1 aliphatic heterocycles. The van der Waals surface area contributed by atoms with E-state index < -0.39 is 0 Å². The second kappa shape index (κ2) is 5.91. The maximum Gasteiger partial charge on any atom is 0.180 e. The molecule has 6 heteroatoms. The van der Waals surface area contributed by atoms with Gasteiger partial charge in [0, 0.05) is 48.1 Å². The van der Waals surface area contributed by atoms with E-state index in [2.05, 4.69) is 30.9 Å². The summed E-state index contributed by atoms with van der Waals surface area (Å²) in [5, 5.41) is 1.06. The van der Waals surface area contributed by atoms with Gasteiger partial charge < -0.3 is 9.88 Å². The number of nitrogens with one attached hydrogen (secondary N) is 1. The van der Waals surface area contributed by atoms with Gasteiger partial charge in [-0.1, -0.05) is 6.08 Å². The van der Waals surface area contributed by atoms with Gasteiger partial charge in [0.15, 0.2) is 5.65 Å². The van der Waals surface area contributed by atoms with Gasteiger partial charge >= 0.3 is 0 Å². The summed E-state index contributed by atoms with van der Waals surface area (Å²) in [7, 11) is 0. The molecule has 1 aromatic carbocycles. The van der Waals surface area contributed by atoms with E-state index in [1.807, 2.05) is 24.4 Å². The van der Waals surface area contributed by atoms with Crippen LogP contribution < -0.4 is 4.90 Å². The van der Waals surface area contributed by atoms with E-state index in [0.717, 1.165) is 47.3 Å². The second-order valence-electron chi connectivity index (χ2n) is 6.39. The van der Waals surface area contributed by atoms with Crippen molar-refractivity contribution in [3.63, 3.8) is 0 Å². The molecular weight excluding hydrogens is 329 g/mol. The summed E-state index contributed by atoms with van der Waals surface area (Å²) >= 11 is 0. The van der Waals surface area contributed by atoms with Gasteiger partial charge in [-0.2, -0.15) is 0 Å². The Bertz CT molecular complexity index is 1150. The SMILES string of the molecule is Fc1ccc2c(C3=CCN(c4ccc5nccnc5n4)CC3)c[nH]c2c1. The second-order valence-corrected chi connectivity index (χ2v) is 6.39. The number of H-pyrrole nitrogens is 1. The number of aromatic nitrogens is 4. The predicted molar refractivity (Wildman–Crippen MR) is 100 cm³/mol. The Hall–Kier alpha value is -3.28. The standard InChI is InChI=1S/C20H16FN5/c21-14-1-2-15-16(12-24-18(15)11-14)13-5-9-26(10-6-13)19-4-3-17-20(25-19)23-8-7-22-17/h1-5,7-8,11-12,24H,6,9-10H2. The van der Waals surface area contributed by atoms with Gasteiger partial charge in [-0.05, 0) is 42.3 Å². The Morgan fingerprint density at radius 3 is 2.88 bits per heavy atom. The zero-order valence-corrected chi connectivity index (χ0v) is 14.0. The molecule has 0 radical (unpaired) electrons. The average molecular weight is 345 g/mol. The van der Waals surface area contributed by atoms with Gasteiger partial charge in [-0.3, -0.25) is 4.98 Å². The van der Waals surface area contributed by atoms with Crippen molar-refractivity contribution in [1.29, 1.82) is 0 Å². The summed E-state index contributed by atoms with van der Waals surface area (Å²) in [6, 6.07) is 8.83. The minimum atomic E-state index is -0.222. The van der Waals surface area contributed by atoms with Gasteiger partial charge in [0.25, 0.3) is 0 Å². The van der Waals surface area contributed by atoms with Crippen molar-refractivity contribution in [3.8, 4) is 0 Å². The first-order valence-electron chi connectivity index (χ1n) is 8.57. The smallest absolute Gasteiger partial charge is 0.180 e. The highest BCUT2D eigenvalue weighted by atomic mass is 19.1. The Morgan fingerprint density at radius 1 is 1.08 bits per heavy atom. The summed E-state index contributed by atoms with van der Waals surface area (Å²) in [4.78, 5) is 18.6. The van der Waals surface area contributed by atoms with Crippen molar-refractivity contribution in [2.45, 2.75) is 6.42 Å². The fraction of sp³-hybridized carbons (Fsp3) is 0.150. The molecule has 3 aromatic heterocycles. The predicted octanol–water partition coefficient (Wildman–Crippen LogP) is 3.94. The minimum Gasteiger partial charge on any atom is -0.360 e. The van der Waals surface area contributed by atoms with Crippen molar-refractivity contribution >= 4 is 33.5 Å². The minimum absolute atomic E-state index is 0.222. The summed E-state index contributed by atoms with van der Waals surface area (Å²) in [6.07, 6.45) is 8.43. The first-order valence-corrected chi connectivity index (χ1v) is 8.57. The van der Waals surface area contributed by atoms with Crippen LogP contribution in [0.2, 0.25) is 0 Å².